The van der Waals surface area contributed by atoms with Gasteiger partial charge >= 0.3 is 0 Å². The maximum atomic E-state index is 12.7. The Balaban J connectivity index is 2.05. The van der Waals surface area contributed by atoms with Crippen LogP contribution in [0.25, 0.3) is 0 Å². The highest BCUT2D eigenvalue weighted by atomic mass is 16.2. The molecule has 4 heteroatoms. The van der Waals surface area contributed by atoms with Gasteiger partial charge in [0.25, 0.3) is 0 Å². The van der Waals surface area contributed by atoms with Crippen LogP contribution < -0.4 is 10.6 Å². The van der Waals surface area contributed by atoms with Crippen molar-refractivity contribution in [3.8, 4) is 0 Å². The lowest BCUT2D eigenvalue weighted by Gasteiger charge is -2.17. The van der Waals surface area contributed by atoms with Crippen LogP contribution in [0.1, 0.15) is 36.8 Å². The minimum Gasteiger partial charge on any atom is -0.355 e. The Kier molecular flexibility index (Phi) is 7.02. The molecule has 0 bridgehead atoms. The Morgan fingerprint density at radius 2 is 1.42 bits per heavy atom. The summed E-state index contributed by atoms with van der Waals surface area (Å²) in [5.74, 6) is -0.745. The third kappa shape index (κ3) is 5.23. The van der Waals surface area contributed by atoms with Crippen molar-refractivity contribution >= 4 is 11.8 Å². The number of hydrogen-bond acceptors (Lipinski definition) is 2. The van der Waals surface area contributed by atoms with Crippen LogP contribution in [-0.4, -0.2) is 24.9 Å². The van der Waals surface area contributed by atoms with Crippen molar-refractivity contribution < 1.29 is 9.59 Å². The fourth-order valence-electron chi connectivity index (χ4n) is 2.52. The quantitative estimate of drug-likeness (QED) is 0.734. The molecule has 0 atom stereocenters. The van der Waals surface area contributed by atoms with Crippen LogP contribution in [0.3, 0.4) is 0 Å². The van der Waals surface area contributed by atoms with E-state index < -0.39 is 5.92 Å². The molecular formula is C20H24N2O2. The van der Waals surface area contributed by atoms with Crippen LogP contribution >= 0.6 is 0 Å². The molecule has 0 unspecified atom stereocenters. The van der Waals surface area contributed by atoms with Crippen LogP contribution in [0.5, 0.6) is 0 Å². The van der Waals surface area contributed by atoms with Gasteiger partial charge in [-0.2, -0.15) is 0 Å². The normalized spacial score (nSPS) is 10.4. The SMILES string of the molecule is CCCCNC(=O)CNC(=O)C(c1ccccc1)c1ccccc1. The molecule has 0 aliphatic carbocycles. The molecule has 2 rings (SSSR count). The number of rotatable bonds is 8. The lowest BCUT2D eigenvalue weighted by atomic mass is 9.90. The van der Waals surface area contributed by atoms with Gasteiger partial charge in [0.2, 0.25) is 11.8 Å². The zero-order valence-corrected chi connectivity index (χ0v) is 14.0. The summed E-state index contributed by atoms with van der Waals surface area (Å²) in [5.41, 5.74) is 1.82. The first-order valence-electron chi connectivity index (χ1n) is 8.36. The molecule has 0 aliphatic heterocycles. The van der Waals surface area contributed by atoms with Gasteiger partial charge < -0.3 is 10.6 Å². The largest absolute Gasteiger partial charge is 0.355 e. The van der Waals surface area contributed by atoms with E-state index in [2.05, 4.69) is 17.6 Å². The van der Waals surface area contributed by atoms with Gasteiger partial charge in [-0.25, -0.2) is 0 Å². The van der Waals surface area contributed by atoms with Crippen molar-refractivity contribution in [2.75, 3.05) is 13.1 Å². The molecular weight excluding hydrogens is 300 g/mol. The third-order valence-electron chi connectivity index (χ3n) is 3.80. The molecule has 2 aromatic rings. The topological polar surface area (TPSA) is 58.2 Å². The van der Waals surface area contributed by atoms with Gasteiger partial charge in [0.1, 0.15) is 0 Å². The van der Waals surface area contributed by atoms with Crippen molar-refractivity contribution in [3.63, 3.8) is 0 Å². The average molecular weight is 324 g/mol. The number of nitrogens with one attached hydrogen (secondary N) is 2. The standard InChI is InChI=1S/C20H24N2O2/c1-2-3-14-21-18(23)15-22-20(24)19(16-10-6-4-7-11-16)17-12-8-5-9-13-17/h4-13,19H,2-3,14-15H2,1H3,(H,21,23)(H,22,24). The molecule has 2 aromatic carbocycles. The highest BCUT2D eigenvalue weighted by Gasteiger charge is 2.22. The molecule has 2 amide bonds. The van der Waals surface area contributed by atoms with E-state index in [4.69, 9.17) is 0 Å². The molecule has 2 N–H and O–H groups in total. The van der Waals surface area contributed by atoms with Gasteiger partial charge in [-0.1, -0.05) is 74.0 Å². The van der Waals surface area contributed by atoms with Gasteiger partial charge in [-0.05, 0) is 17.5 Å². The maximum Gasteiger partial charge on any atom is 0.239 e. The maximum absolute atomic E-state index is 12.7. The number of amides is 2. The van der Waals surface area contributed by atoms with E-state index in [1.165, 1.54) is 0 Å². The second kappa shape index (κ2) is 9.50. The molecule has 0 radical (unpaired) electrons. The van der Waals surface area contributed by atoms with Gasteiger partial charge in [-0.3, -0.25) is 9.59 Å². The third-order valence-corrected chi connectivity index (χ3v) is 3.80. The summed E-state index contributed by atoms with van der Waals surface area (Å²) < 4.78 is 0. The second-order valence-corrected chi connectivity index (χ2v) is 5.68. The Hall–Kier alpha value is -2.62. The van der Waals surface area contributed by atoms with Gasteiger partial charge in [0, 0.05) is 6.54 Å². The van der Waals surface area contributed by atoms with E-state index in [0.29, 0.717) is 6.54 Å². The van der Waals surface area contributed by atoms with Crippen LogP contribution in [0.15, 0.2) is 60.7 Å². The van der Waals surface area contributed by atoms with Gasteiger partial charge in [0.05, 0.1) is 12.5 Å². The molecule has 0 fully saturated rings. The molecule has 0 spiro atoms. The molecule has 0 saturated heterocycles. The van der Waals surface area contributed by atoms with E-state index in [0.717, 1.165) is 24.0 Å². The number of unbranched alkanes of at least 4 members (excludes halogenated alkanes) is 1. The predicted molar refractivity (Wildman–Crippen MR) is 95.7 cm³/mol. The number of carbonyl (C=O) groups is 2. The molecule has 24 heavy (non-hydrogen) atoms. The van der Waals surface area contributed by atoms with Crippen molar-refractivity contribution in [3.05, 3.63) is 71.8 Å². The van der Waals surface area contributed by atoms with E-state index in [1.54, 1.807) is 0 Å². The zero-order valence-electron chi connectivity index (χ0n) is 14.0. The van der Waals surface area contributed by atoms with E-state index >= 15 is 0 Å². The summed E-state index contributed by atoms with van der Waals surface area (Å²) in [6, 6.07) is 19.2. The first-order valence-corrected chi connectivity index (χ1v) is 8.36. The number of hydrogen-bond donors (Lipinski definition) is 2. The number of carbonyl (C=O) groups excluding carboxylic acids is 2. The summed E-state index contributed by atoms with van der Waals surface area (Å²) >= 11 is 0. The summed E-state index contributed by atoms with van der Waals surface area (Å²) in [6.45, 7) is 2.71. The van der Waals surface area contributed by atoms with E-state index in [1.807, 2.05) is 60.7 Å². The second-order valence-electron chi connectivity index (χ2n) is 5.68. The average Bonchev–Trinajstić information content (AvgIpc) is 2.62. The van der Waals surface area contributed by atoms with Crippen molar-refractivity contribution in [2.24, 2.45) is 0 Å². The first kappa shape index (κ1) is 17.7. The zero-order chi connectivity index (χ0) is 17.2. The summed E-state index contributed by atoms with van der Waals surface area (Å²) in [4.78, 5) is 24.5. The summed E-state index contributed by atoms with van der Waals surface area (Å²) in [7, 11) is 0. The minimum absolute atomic E-state index is 0.00128. The van der Waals surface area contributed by atoms with Crippen LogP contribution in [0.2, 0.25) is 0 Å². The predicted octanol–water partition coefficient (Wildman–Crippen LogP) is 2.85. The molecule has 0 saturated carbocycles. The Morgan fingerprint density at radius 3 is 1.92 bits per heavy atom. The molecule has 0 aliphatic rings. The van der Waals surface area contributed by atoms with Crippen molar-refractivity contribution in [1.82, 2.24) is 10.6 Å². The van der Waals surface area contributed by atoms with Crippen LogP contribution in [0, 0.1) is 0 Å². The molecule has 126 valence electrons. The van der Waals surface area contributed by atoms with E-state index in [9.17, 15) is 9.59 Å². The van der Waals surface area contributed by atoms with Gasteiger partial charge in [0.15, 0.2) is 0 Å². The summed E-state index contributed by atoms with van der Waals surface area (Å²) in [6.07, 6.45) is 1.97. The molecule has 0 aromatic heterocycles. The van der Waals surface area contributed by atoms with Crippen LogP contribution in [0.4, 0.5) is 0 Å². The monoisotopic (exact) mass is 324 g/mol. The van der Waals surface area contributed by atoms with Crippen molar-refractivity contribution in [2.45, 2.75) is 25.7 Å². The Bertz CT molecular complexity index is 602. The molecule has 4 nitrogen and oxygen atoms in total. The highest BCUT2D eigenvalue weighted by Crippen LogP contribution is 2.24. The fraction of sp³-hybridized carbons (Fsp3) is 0.300. The Labute approximate surface area is 143 Å². The summed E-state index contributed by atoms with van der Waals surface area (Å²) in [5, 5.41) is 5.56. The molecule has 0 heterocycles. The first-order chi connectivity index (χ1) is 11.7. The van der Waals surface area contributed by atoms with E-state index in [-0.39, 0.29) is 18.4 Å². The minimum atomic E-state index is -0.421. The lowest BCUT2D eigenvalue weighted by Crippen LogP contribution is -2.39. The Morgan fingerprint density at radius 1 is 0.875 bits per heavy atom. The van der Waals surface area contributed by atoms with Gasteiger partial charge in [-0.15, -0.1) is 0 Å². The smallest absolute Gasteiger partial charge is 0.239 e. The fourth-order valence-corrected chi connectivity index (χ4v) is 2.52. The van der Waals surface area contributed by atoms with Crippen LogP contribution in [-0.2, 0) is 9.59 Å². The lowest BCUT2D eigenvalue weighted by molar-refractivity contribution is -0.126. The number of benzene rings is 2. The highest BCUT2D eigenvalue weighted by molar-refractivity contribution is 5.90. The van der Waals surface area contributed by atoms with Crippen molar-refractivity contribution in [1.29, 1.82) is 0 Å².